The minimum atomic E-state index is -0.723. The monoisotopic (exact) mass is 484 g/mol. The Bertz CT molecular complexity index is 1230. The molecule has 3 aromatic rings. The number of benzene rings is 1. The number of hydrogen-bond acceptors (Lipinski definition) is 8. The van der Waals surface area contributed by atoms with Crippen molar-refractivity contribution in [3.05, 3.63) is 40.2 Å². The van der Waals surface area contributed by atoms with Gasteiger partial charge in [0.05, 0.1) is 29.4 Å². The van der Waals surface area contributed by atoms with Crippen LogP contribution >= 0.6 is 11.3 Å². The SMILES string of the molecule is COC(=O)c1c(N2CC[C@@H](CO)C2)sc(-c2ccc3c(c2)ncn3C2CCCCC2)c1[N+](=O)[O-]. The van der Waals surface area contributed by atoms with Crippen LogP contribution in [0.3, 0.4) is 0 Å². The number of methoxy groups -OCH3 is 1. The van der Waals surface area contributed by atoms with Crippen molar-refractivity contribution < 1.29 is 19.6 Å². The van der Waals surface area contributed by atoms with Crippen molar-refractivity contribution in [2.24, 2.45) is 5.92 Å². The third kappa shape index (κ3) is 3.94. The summed E-state index contributed by atoms with van der Waals surface area (Å²) in [6.45, 7) is 1.21. The molecule has 1 saturated carbocycles. The van der Waals surface area contributed by atoms with Gasteiger partial charge in [0.15, 0.2) is 5.56 Å². The second-order valence-corrected chi connectivity index (χ2v) is 10.1. The molecule has 3 heterocycles. The van der Waals surface area contributed by atoms with E-state index in [1.165, 1.54) is 37.7 Å². The highest BCUT2D eigenvalue weighted by atomic mass is 32.1. The fourth-order valence-corrected chi connectivity index (χ4v) is 6.57. The minimum absolute atomic E-state index is 0.0149. The summed E-state index contributed by atoms with van der Waals surface area (Å²) >= 11 is 1.23. The van der Waals surface area contributed by atoms with Gasteiger partial charge < -0.3 is 19.3 Å². The highest BCUT2D eigenvalue weighted by Gasteiger charge is 2.37. The number of aromatic nitrogens is 2. The zero-order chi connectivity index (χ0) is 23.8. The van der Waals surface area contributed by atoms with E-state index in [-0.39, 0.29) is 23.8 Å². The van der Waals surface area contributed by atoms with Crippen LogP contribution in [0.2, 0.25) is 0 Å². The summed E-state index contributed by atoms with van der Waals surface area (Å²) < 4.78 is 7.17. The number of imidazole rings is 1. The quantitative estimate of drug-likeness (QED) is 0.304. The van der Waals surface area contributed by atoms with Crippen molar-refractivity contribution in [1.82, 2.24) is 9.55 Å². The Labute approximate surface area is 201 Å². The number of ether oxygens (including phenoxy) is 1. The maximum absolute atomic E-state index is 12.7. The topological polar surface area (TPSA) is 111 Å². The largest absolute Gasteiger partial charge is 0.465 e. The number of nitro groups is 1. The maximum Gasteiger partial charge on any atom is 0.347 e. The number of carbonyl (C=O) groups excluding carboxylic acids is 1. The molecule has 1 N–H and O–H groups in total. The van der Waals surface area contributed by atoms with Crippen LogP contribution in [0, 0.1) is 16.0 Å². The van der Waals surface area contributed by atoms with E-state index < -0.39 is 10.9 Å². The third-order valence-electron chi connectivity index (χ3n) is 7.07. The van der Waals surface area contributed by atoms with Gasteiger partial charge in [0.25, 0.3) is 0 Å². The lowest BCUT2D eigenvalue weighted by molar-refractivity contribution is -0.384. The van der Waals surface area contributed by atoms with Crippen LogP contribution in [-0.2, 0) is 4.74 Å². The molecule has 1 aliphatic heterocycles. The second-order valence-electron chi connectivity index (χ2n) is 9.14. The standard InChI is InChI=1S/C24H28N4O5S/c1-33-24(30)20-21(28(31)32)22(34-23(20)26-10-9-15(12-26)13-29)16-7-8-19-18(11-16)25-14-27(19)17-5-3-2-4-6-17/h7-8,11,14-15,17,29H,2-6,9-10,12-13H2,1H3/t15-/m1/s1. The van der Waals surface area contributed by atoms with Crippen LogP contribution < -0.4 is 4.90 Å². The fraction of sp³-hybridized carbons (Fsp3) is 0.500. The number of hydrogen-bond donors (Lipinski definition) is 1. The number of anilines is 1. The molecule has 2 aliphatic rings. The van der Waals surface area contributed by atoms with Gasteiger partial charge in [0.1, 0.15) is 9.88 Å². The van der Waals surface area contributed by atoms with E-state index in [0.717, 1.165) is 30.3 Å². The molecular weight excluding hydrogens is 456 g/mol. The van der Waals surface area contributed by atoms with Gasteiger partial charge >= 0.3 is 11.7 Å². The highest BCUT2D eigenvalue weighted by molar-refractivity contribution is 7.20. The number of aliphatic hydroxyl groups is 1. The molecule has 1 aliphatic carbocycles. The van der Waals surface area contributed by atoms with Crippen LogP contribution in [-0.4, -0.2) is 52.4 Å². The summed E-state index contributed by atoms with van der Waals surface area (Å²) in [6, 6.07) is 6.17. The molecule has 34 heavy (non-hydrogen) atoms. The van der Waals surface area contributed by atoms with E-state index in [2.05, 4.69) is 9.55 Å². The molecule has 0 amide bonds. The number of nitrogens with zero attached hydrogens (tertiary/aromatic N) is 4. The van der Waals surface area contributed by atoms with Gasteiger partial charge in [0, 0.05) is 37.2 Å². The van der Waals surface area contributed by atoms with E-state index in [4.69, 9.17) is 4.74 Å². The van der Waals surface area contributed by atoms with Crippen LogP contribution in [0.25, 0.3) is 21.5 Å². The minimum Gasteiger partial charge on any atom is -0.465 e. The Balaban J connectivity index is 1.60. The molecule has 180 valence electrons. The van der Waals surface area contributed by atoms with E-state index in [0.29, 0.717) is 34.6 Å². The molecule has 0 unspecified atom stereocenters. The maximum atomic E-state index is 12.7. The van der Waals surface area contributed by atoms with Crippen LogP contribution in [0.4, 0.5) is 10.7 Å². The molecule has 0 bridgehead atoms. The van der Waals surface area contributed by atoms with Gasteiger partial charge in [-0.05, 0) is 31.4 Å². The number of fused-ring (bicyclic) bond motifs is 1. The first-order valence-electron chi connectivity index (χ1n) is 11.7. The van der Waals surface area contributed by atoms with Gasteiger partial charge in [-0.3, -0.25) is 10.1 Å². The lowest BCUT2D eigenvalue weighted by atomic mass is 9.95. The summed E-state index contributed by atoms with van der Waals surface area (Å²) in [5, 5.41) is 22.3. The lowest BCUT2D eigenvalue weighted by Crippen LogP contribution is -2.22. The predicted molar refractivity (Wildman–Crippen MR) is 131 cm³/mol. The summed E-state index contributed by atoms with van der Waals surface area (Å²) in [5.74, 6) is -0.644. The first kappa shape index (κ1) is 22.8. The Hall–Kier alpha value is -2.98. The van der Waals surface area contributed by atoms with E-state index in [1.807, 2.05) is 29.4 Å². The number of thiophene rings is 1. The van der Waals surface area contributed by atoms with Crippen molar-refractivity contribution in [2.75, 3.05) is 31.7 Å². The highest BCUT2D eigenvalue weighted by Crippen LogP contribution is 2.48. The van der Waals surface area contributed by atoms with Gasteiger partial charge in [-0.15, -0.1) is 11.3 Å². The van der Waals surface area contributed by atoms with Crippen molar-refractivity contribution >= 4 is 39.0 Å². The molecule has 9 nitrogen and oxygen atoms in total. The van der Waals surface area contributed by atoms with Crippen molar-refractivity contribution in [1.29, 1.82) is 0 Å². The van der Waals surface area contributed by atoms with Crippen molar-refractivity contribution in [3.8, 4) is 10.4 Å². The predicted octanol–water partition coefficient (Wildman–Crippen LogP) is 4.78. The molecular formula is C24H28N4O5S. The second kappa shape index (κ2) is 9.34. The van der Waals surface area contributed by atoms with E-state index in [1.54, 1.807) is 0 Å². The molecule has 2 fully saturated rings. The summed E-state index contributed by atoms with van der Waals surface area (Å²) in [4.78, 5) is 31.4. The first-order chi connectivity index (χ1) is 16.5. The number of carbonyl (C=O) groups is 1. The Morgan fingerprint density at radius 2 is 2.09 bits per heavy atom. The molecule has 10 heteroatoms. The summed E-state index contributed by atoms with van der Waals surface area (Å²) in [6.07, 6.45) is 8.63. The Morgan fingerprint density at radius 1 is 1.29 bits per heavy atom. The molecule has 1 saturated heterocycles. The molecule has 0 radical (unpaired) electrons. The van der Waals surface area contributed by atoms with Gasteiger partial charge in [-0.1, -0.05) is 25.3 Å². The zero-order valence-electron chi connectivity index (χ0n) is 19.1. The first-order valence-corrected chi connectivity index (χ1v) is 12.6. The van der Waals surface area contributed by atoms with Crippen LogP contribution in [0.5, 0.6) is 0 Å². The van der Waals surface area contributed by atoms with Crippen molar-refractivity contribution in [2.45, 2.75) is 44.6 Å². The number of aliphatic hydroxyl groups excluding tert-OH is 1. The van der Waals surface area contributed by atoms with Gasteiger partial charge in [0.2, 0.25) is 0 Å². The summed E-state index contributed by atoms with van der Waals surface area (Å²) in [7, 11) is 1.23. The Morgan fingerprint density at radius 3 is 2.76 bits per heavy atom. The molecule has 0 spiro atoms. The smallest absolute Gasteiger partial charge is 0.347 e. The fourth-order valence-electron chi connectivity index (χ4n) is 5.28. The van der Waals surface area contributed by atoms with Crippen LogP contribution in [0.15, 0.2) is 24.5 Å². The third-order valence-corrected chi connectivity index (χ3v) is 8.36. The average molecular weight is 485 g/mol. The van der Waals surface area contributed by atoms with Gasteiger partial charge in [-0.25, -0.2) is 9.78 Å². The normalized spacial score (nSPS) is 19.1. The number of rotatable bonds is 6. The van der Waals surface area contributed by atoms with Gasteiger partial charge in [-0.2, -0.15) is 0 Å². The molecule has 5 rings (SSSR count). The molecule has 1 aromatic carbocycles. The average Bonchev–Trinajstić information content (AvgIpc) is 3.59. The van der Waals surface area contributed by atoms with E-state index in [9.17, 15) is 20.0 Å². The van der Waals surface area contributed by atoms with Crippen molar-refractivity contribution in [3.63, 3.8) is 0 Å². The summed E-state index contributed by atoms with van der Waals surface area (Å²) in [5.41, 5.74) is 2.22. The van der Waals surface area contributed by atoms with Crippen LogP contribution in [0.1, 0.15) is 54.9 Å². The zero-order valence-corrected chi connectivity index (χ0v) is 19.9. The number of esters is 1. The molecule has 1 atom stereocenters. The Kier molecular flexibility index (Phi) is 6.26. The lowest BCUT2D eigenvalue weighted by Gasteiger charge is -2.23. The molecule has 2 aromatic heterocycles. The van der Waals surface area contributed by atoms with E-state index >= 15 is 0 Å².